The Bertz CT molecular complexity index is 961. The molecule has 0 saturated carbocycles. The quantitative estimate of drug-likeness (QED) is 0.595. The van der Waals surface area contributed by atoms with Crippen molar-refractivity contribution in [3.63, 3.8) is 0 Å². The highest BCUT2D eigenvalue weighted by molar-refractivity contribution is 7.12. The maximum absolute atomic E-state index is 12.6. The Kier molecular flexibility index (Phi) is 6.26. The van der Waals surface area contributed by atoms with Crippen LogP contribution in [0.5, 0.6) is 11.5 Å². The summed E-state index contributed by atoms with van der Waals surface area (Å²) in [7, 11) is 0. The van der Waals surface area contributed by atoms with Crippen LogP contribution in [-0.4, -0.2) is 73.7 Å². The second-order valence-corrected chi connectivity index (χ2v) is 9.09. The standard InChI is InChI=1S/C22H27N5O4S/c28-21(17-13-16(24-25-17)15-3-4-18-19(12-15)31-14-30-18)23-5-6-26-7-9-27(10-8-26)22(29)20-2-1-11-32-20/h1-4,11-12,16-17,24-25H,5-10,13-14H2,(H,23,28). The van der Waals surface area contributed by atoms with Crippen molar-refractivity contribution in [2.24, 2.45) is 0 Å². The molecule has 170 valence electrons. The van der Waals surface area contributed by atoms with Crippen molar-refractivity contribution in [3.05, 3.63) is 46.2 Å². The molecule has 1 aromatic heterocycles. The number of nitrogens with zero attached hydrogens (tertiary/aromatic N) is 2. The van der Waals surface area contributed by atoms with Gasteiger partial charge in [0.05, 0.1) is 4.88 Å². The van der Waals surface area contributed by atoms with Crippen LogP contribution in [0.4, 0.5) is 0 Å². The van der Waals surface area contributed by atoms with Crippen molar-refractivity contribution in [1.29, 1.82) is 0 Å². The maximum Gasteiger partial charge on any atom is 0.264 e. The first-order valence-electron chi connectivity index (χ1n) is 10.9. The highest BCUT2D eigenvalue weighted by Crippen LogP contribution is 2.35. The van der Waals surface area contributed by atoms with Crippen LogP contribution < -0.4 is 25.6 Å². The van der Waals surface area contributed by atoms with Gasteiger partial charge in [-0.3, -0.25) is 14.5 Å². The van der Waals surface area contributed by atoms with Gasteiger partial charge >= 0.3 is 0 Å². The Balaban J connectivity index is 1.03. The lowest BCUT2D eigenvalue weighted by Gasteiger charge is -2.34. The Hall–Kier alpha value is -2.66. The highest BCUT2D eigenvalue weighted by atomic mass is 32.1. The fourth-order valence-electron chi connectivity index (χ4n) is 4.27. The Labute approximate surface area is 190 Å². The number of rotatable bonds is 6. The van der Waals surface area contributed by atoms with Gasteiger partial charge in [-0.25, -0.2) is 10.9 Å². The van der Waals surface area contributed by atoms with Crippen LogP contribution in [-0.2, 0) is 4.79 Å². The van der Waals surface area contributed by atoms with E-state index >= 15 is 0 Å². The average Bonchev–Trinajstić information content (AvgIpc) is 3.60. The Morgan fingerprint density at radius 2 is 1.94 bits per heavy atom. The Morgan fingerprint density at radius 3 is 2.75 bits per heavy atom. The number of carbonyl (C=O) groups is 2. The van der Waals surface area contributed by atoms with E-state index in [0.29, 0.717) is 13.0 Å². The van der Waals surface area contributed by atoms with Crippen molar-refractivity contribution in [2.45, 2.75) is 18.5 Å². The van der Waals surface area contributed by atoms with E-state index in [1.807, 2.05) is 40.6 Å². The second-order valence-electron chi connectivity index (χ2n) is 8.14. The molecule has 2 saturated heterocycles. The van der Waals surface area contributed by atoms with E-state index in [1.165, 1.54) is 11.3 Å². The molecule has 3 aliphatic rings. The third-order valence-electron chi connectivity index (χ3n) is 6.14. The molecule has 2 aromatic rings. The molecular weight excluding hydrogens is 430 g/mol. The van der Waals surface area contributed by atoms with Gasteiger partial charge in [0.15, 0.2) is 11.5 Å². The summed E-state index contributed by atoms with van der Waals surface area (Å²) in [4.78, 5) is 30.0. The summed E-state index contributed by atoms with van der Waals surface area (Å²) >= 11 is 1.48. The highest BCUT2D eigenvalue weighted by Gasteiger charge is 2.31. The molecule has 2 unspecified atom stereocenters. The van der Waals surface area contributed by atoms with Crippen molar-refractivity contribution in [3.8, 4) is 11.5 Å². The van der Waals surface area contributed by atoms with Crippen LogP contribution in [0.25, 0.3) is 0 Å². The first-order valence-corrected chi connectivity index (χ1v) is 11.8. The zero-order chi connectivity index (χ0) is 21.9. The fourth-order valence-corrected chi connectivity index (χ4v) is 4.96. The number of fused-ring (bicyclic) bond motifs is 1. The largest absolute Gasteiger partial charge is 0.454 e. The first kappa shape index (κ1) is 21.2. The van der Waals surface area contributed by atoms with Gasteiger partial charge in [-0.2, -0.15) is 0 Å². The number of nitrogens with one attached hydrogen (secondary N) is 3. The molecule has 9 nitrogen and oxygen atoms in total. The van der Waals surface area contributed by atoms with Gasteiger partial charge in [0.2, 0.25) is 12.7 Å². The summed E-state index contributed by atoms with van der Waals surface area (Å²) in [5.41, 5.74) is 7.37. The number of benzene rings is 1. The predicted molar refractivity (Wildman–Crippen MR) is 120 cm³/mol. The number of carbonyl (C=O) groups excluding carboxylic acids is 2. The smallest absolute Gasteiger partial charge is 0.264 e. The van der Waals surface area contributed by atoms with E-state index in [2.05, 4.69) is 21.1 Å². The summed E-state index contributed by atoms with van der Waals surface area (Å²) in [5, 5.41) is 4.96. The summed E-state index contributed by atoms with van der Waals surface area (Å²) in [6.45, 7) is 4.69. The normalized spacial score (nSPS) is 22.8. The minimum atomic E-state index is -0.286. The van der Waals surface area contributed by atoms with Crippen molar-refractivity contribution in [2.75, 3.05) is 46.1 Å². The van der Waals surface area contributed by atoms with Crippen LogP contribution in [0.1, 0.15) is 27.7 Å². The molecule has 32 heavy (non-hydrogen) atoms. The minimum absolute atomic E-state index is 0.00717. The number of amides is 2. The van der Waals surface area contributed by atoms with Gasteiger partial charge in [-0.1, -0.05) is 12.1 Å². The fraction of sp³-hybridized carbons (Fsp3) is 0.455. The third-order valence-corrected chi connectivity index (χ3v) is 7.00. The number of hydrogen-bond acceptors (Lipinski definition) is 8. The van der Waals surface area contributed by atoms with Gasteiger partial charge in [0, 0.05) is 45.3 Å². The van der Waals surface area contributed by atoms with Gasteiger partial charge in [0.1, 0.15) is 6.04 Å². The van der Waals surface area contributed by atoms with E-state index in [4.69, 9.17) is 9.47 Å². The predicted octanol–water partition coefficient (Wildman–Crippen LogP) is 0.959. The molecule has 10 heteroatoms. The van der Waals surface area contributed by atoms with E-state index < -0.39 is 0 Å². The van der Waals surface area contributed by atoms with Gasteiger partial charge in [-0.05, 0) is 35.6 Å². The van der Waals surface area contributed by atoms with Crippen LogP contribution in [0.15, 0.2) is 35.7 Å². The van der Waals surface area contributed by atoms with E-state index in [1.54, 1.807) is 0 Å². The van der Waals surface area contributed by atoms with Gasteiger partial charge in [-0.15, -0.1) is 11.3 Å². The zero-order valence-corrected chi connectivity index (χ0v) is 18.5. The maximum atomic E-state index is 12.6. The second kappa shape index (κ2) is 9.45. The van der Waals surface area contributed by atoms with Crippen LogP contribution in [0, 0.1) is 0 Å². The Morgan fingerprint density at radius 1 is 1.09 bits per heavy atom. The number of thiophene rings is 1. The molecular formula is C22H27N5O4S. The first-order chi connectivity index (χ1) is 15.7. The van der Waals surface area contributed by atoms with Crippen LogP contribution in [0.2, 0.25) is 0 Å². The van der Waals surface area contributed by atoms with Crippen molar-refractivity contribution >= 4 is 23.2 Å². The van der Waals surface area contributed by atoms with Gasteiger partial charge in [0.25, 0.3) is 5.91 Å². The molecule has 3 aliphatic heterocycles. The van der Waals surface area contributed by atoms with Crippen molar-refractivity contribution in [1.82, 2.24) is 26.0 Å². The summed E-state index contributed by atoms with van der Waals surface area (Å²) < 4.78 is 10.8. The molecule has 0 spiro atoms. The topological polar surface area (TPSA) is 95.2 Å². The summed E-state index contributed by atoms with van der Waals surface area (Å²) in [5.74, 6) is 1.61. The summed E-state index contributed by atoms with van der Waals surface area (Å²) in [6, 6.07) is 9.39. The zero-order valence-electron chi connectivity index (χ0n) is 17.7. The van der Waals surface area contributed by atoms with Crippen LogP contribution in [0.3, 0.4) is 0 Å². The summed E-state index contributed by atoms with van der Waals surface area (Å²) in [6.07, 6.45) is 0.662. The van der Waals surface area contributed by atoms with E-state index in [-0.39, 0.29) is 30.7 Å². The SMILES string of the molecule is O=C(NCCN1CCN(C(=O)c2cccs2)CC1)C1CC(c2ccc3c(c2)OCO3)NN1. The lowest BCUT2D eigenvalue weighted by atomic mass is 10.0. The minimum Gasteiger partial charge on any atom is -0.454 e. The number of piperazine rings is 1. The third kappa shape index (κ3) is 4.58. The molecule has 4 heterocycles. The molecule has 3 N–H and O–H groups in total. The monoisotopic (exact) mass is 457 g/mol. The number of ether oxygens (including phenoxy) is 2. The van der Waals surface area contributed by atoms with Gasteiger partial charge < -0.3 is 19.7 Å². The molecule has 1 aromatic carbocycles. The van der Waals surface area contributed by atoms with Crippen LogP contribution >= 0.6 is 11.3 Å². The van der Waals surface area contributed by atoms with Crippen molar-refractivity contribution < 1.29 is 19.1 Å². The van der Waals surface area contributed by atoms with E-state index in [0.717, 1.165) is 54.7 Å². The average molecular weight is 458 g/mol. The molecule has 0 bridgehead atoms. The molecule has 5 rings (SSSR count). The molecule has 2 fully saturated rings. The number of hydrazine groups is 1. The lowest BCUT2D eigenvalue weighted by Crippen LogP contribution is -2.51. The lowest BCUT2D eigenvalue weighted by molar-refractivity contribution is -0.122. The molecule has 0 aliphatic carbocycles. The van der Waals surface area contributed by atoms with E-state index in [9.17, 15) is 9.59 Å². The molecule has 0 radical (unpaired) electrons. The molecule has 2 amide bonds. The number of hydrogen-bond donors (Lipinski definition) is 3. The molecule has 2 atom stereocenters.